The molecule has 2 amide bonds. The SMILES string of the molecule is O=C(O)CNC(=O)CN1CC(C(=O)N2CCOCC2)Oc2ccccc21. The lowest BCUT2D eigenvalue weighted by Crippen LogP contribution is -2.54. The summed E-state index contributed by atoms with van der Waals surface area (Å²) in [6, 6.07) is 7.16. The Morgan fingerprint density at radius 2 is 1.92 bits per heavy atom. The second-order valence-corrected chi connectivity index (χ2v) is 6.06. The number of ether oxygens (including phenoxy) is 2. The van der Waals surface area contributed by atoms with Crippen molar-refractivity contribution in [2.45, 2.75) is 6.10 Å². The van der Waals surface area contributed by atoms with Crippen LogP contribution in [-0.4, -0.2) is 79.8 Å². The Bertz CT molecular complexity index is 689. The Morgan fingerprint density at radius 3 is 2.65 bits per heavy atom. The molecule has 0 bridgehead atoms. The van der Waals surface area contributed by atoms with E-state index in [9.17, 15) is 14.4 Å². The summed E-state index contributed by atoms with van der Waals surface area (Å²) in [6.45, 7) is 1.74. The third-order valence-corrected chi connectivity index (χ3v) is 4.23. The topological polar surface area (TPSA) is 108 Å². The highest BCUT2D eigenvalue weighted by molar-refractivity contribution is 5.87. The molecule has 3 rings (SSSR count). The average molecular weight is 363 g/mol. The first-order valence-corrected chi connectivity index (χ1v) is 8.40. The molecule has 0 aliphatic carbocycles. The molecule has 1 unspecified atom stereocenters. The van der Waals surface area contributed by atoms with Gasteiger partial charge in [-0.1, -0.05) is 12.1 Å². The van der Waals surface area contributed by atoms with Crippen molar-refractivity contribution >= 4 is 23.5 Å². The molecule has 140 valence electrons. The number of benzene rings is 1. The minimum absolute atomic E-state index is 0.0550. The van der Waals surface area contributed by atoms with Gasteiger partial charge in [-0.3, -0.25) is 14.4 Å². The van der Waals surface area contributed by atoms with Crippen LogP contribution in [0.2, 0.25) is 0 Å². The summed E-state index contributed by atoms with van der Waals surface area (Å²) in [5, 5.41) is 11.0. The summed E-state index contributed by atoms with van der Waals surface area (Å²) >= 11 is 0. The Kier molecular flexibility index (Phi) is 5.57. The van der Waals surface area contributed by atoms with Crippen molar-refractivity contribution in [2.75, 3.05) is 50.8 Å². The first-order valence-electron chi connectivity index (χ1n) is 8.40. The van der Waals surface area contributed by atoms with Crippen molar-refractivity contribution in [3.05, 3.63) is 24.3 Å². The van der Waals surface area contributed by atoms with E-state index < -0.39 is 24.5 Å². The minimum atomic E-state index is -1.11. The van der Waals surface area contributed by atoms with Gasteiger partial charge in [0.15, 0.2) is 6.10 Å². The highest BCUT2D eigenvalue weighted by atomic mass is 16.5. The van der Waals surface area contributed by atoms with Crippen LogP contribution >= 0.6 is 0 Å². The maximum atomic E-state index is 12.7. The van der Waals surface area contributed by atoms with E-state index in [0.29, 0.717) is 37.7 Å². The molecule has 0 saturated carbocycles. The first kappa shape index (κ1) is 18.0. The molecule has 0 radical (unpaired) electrons. The van der Waals surface area contributed by atoms with Crippen LogP contribution in [0.25, 0.3) is 0 Å². The number of carboxylic acid groups (broad SMARTS) is 1. The number of para-hydroxylation sites is 2. The van der Waals surface area contributed by atoms with E-state index in [1.165, 1.54) is 0 Å². The second-order valence-electron chi connectivity index (χ2n) is 6.06. The van der Waals surface area contributed by atoms with Crippen LogP contribution < -0.4 is 15.0 Å². The number of carbonyl (C=O) groups is 3. The van der Waals surface area contributed by atoms with Gasteiger partial charge in [0.25, 0.3) is 5.91 Å². The van der Waals surface area contributed by atoms with E-state index in [1.807, 2.05) is 6.07 Å². The molecule has 1 atom stereocenters. The number of aliphatic carboxylic acids is 1. The quantitative estimate of drug-likeness (QED) is 0.713. The van der Waals surface area contributed by atoms with Crippen LogP contribution in [0.5, 0.6) is 5.75 Å². The van der Waals surface area contributed by atoms with Gasteiger partial charge in [-0.05, 0) is 12.1 Å². The van der Waals surface area contributed by atoms with Crippen LogP contribution in [0, 0.1) is 0 Å². The standard InChI is InChI=1S/C17H21N3O6/c21-15(18-9-16(22)23)11-20-10-14(17(24)19-5-7-25-8-6-19)26-13-4-2-1-3-12(13)20/h1-4,14H,5-11H2,(H,18,21)(H,22,23). The zero-order chi connectivity index (χ0) is 18.5. The first-order chi connectivity index (χ1) is 12.5. The van der Waals surface area contributed by atoms with E-state index >= 15 is 0 Å². The average Bonchev–Trinajstić information content (AvgIpc) is 2.66. The van der Waals surface area contributed by atoms with Crippen molar-refractivity contribution < 1.29 is 29.0 Å². The number of morpholine rings is 1. The molecule has 1 saturated heterocycles. The maximum Gasteiger partial charge on any atom is 0.322 e. The second kappa shape index (κ2) is 8.05. The predicted octanol–water partition coefficient (Wildman–Crippen LogP) is -0.686. The van der Waals surface area contributed by atoms with Gasteiger partial charge in [-0.15, -0.1) is 0 Å². The molecule has 1 aromatic carbocycles. The largest absolute Gasteiger partial charge is 0.480 e. The number of hydrogen-bond acceptors (Lipinski definition) is 6. The van der Waals surface area contributed by atoms with Gasteiger partial charge in [-0.25, -0.2) is 0 Å². The molecule has 2 N–H and O–H groups in total. The number of carboxylic acids is 1. The fourth-order valence-electron chi connectivity index (χ4n) is 2.98. The molecule has 1 fully saturated rings. The lowest BCUT2D eigenvalue weighted by atomic mass is 10.1. The van der Waals surface area contributed by atoms with E-state index in [-0.39, 0.29) is 19.0 Å². The number of hydrogen-bond donors (Lipinski definition) is 2. The van der Waals surface area contributed by atoms with Crippen molar-refractivity contribution in [1.82, 2.24) is 10.2 Å². The zero-order valence-electron chi connectivity index (χ0n) is 14.2. The number of anilines is 1. The van der Waals surface area contributed by atoms with Crippen molar-refractivity contribution in [3.8, 4) is 5.75 Å². The Balaban J connectivity index is 1.72. The zero-order valence-corrected chi connectivity index (χ0v) is 14.2. The minimum Gasteiger partial charge on any atom is -0.480 e. The number of carbonyl (C=O) groups excluding carboxylic acids is 2. The Labute approximate surface area is 150 Å². The fourth-order valence-corrected chi connectivity index (χ4v) is 2.98. The molecule has 26 heavy (non-hydrogen) atoms. The summed E-state index contributed by atoms with van der Waals surface area (Å²) in [7, 11) is 0. The van der Waals surface area contributed by atoms with E-state index in [1.54, 1.807) is 28.0 Å². The third-order valence-electron chi connectivity index (χ3n) is 4.23. The molecule has 9 nitrogen and oxygen atoms in total. The normalized spacial score (nSPS) is 19.3. The number of amides is 2. The summed E-state index contributed by atoms with van der Waals surface area (Å²) in [5.41, 5.74) is 0.698. The van der Waals surface area contributed by atoms with Crippen LogP contribution in [0.3, 0.4) is 0 Å². The van der Waals surface area contributed by atoms with Crippen molar-refractivity contribution in [2.24, 2.45) is 0 Å². The molecule has 2 heterocycles. The lowest BCUT2D eigenvalue weighted by Gasteiger charge is -2.38. The van der Waals surface area contributed by atoms with Crippen LogP contribution in [0.15, 0.2) is 24.3 Å². The van der Waals surface area contributed by atoms with Gasteiger partial charge in [-0.2, -0.15) is 0 Å². The monoisotopic (exact) mass is 363 g/mol. The lowest BCUT2D eigenvalue weighted by molar-refractivity contribution is -0.142. The summed E-state index contributed by atoms with van der Waals surface area (Å²) in [6.07, 6.45) is -0.727. The predicted molar refractivity (Wildman–Crippen MR) is 91.1 cm³/mol. The fraction of sp³-hybridized carbons (Fsp3) is 0.471. The van der Waals surface area contributed by atoms with Crippen LogP contribution in [-0.2, 0) is 19.1 Å². The molecule has 9 heteroatoms. The van der Waals surface area contributed by atoms with Gasteiger partial charge in [0.1, 0.15) is 12.3 Å². The van der Waals surface area contributed by atoms with Crippen LogP contribution in [0.1, 0.15) is 0 Å². The van der Waals surface area contributed by atoms with Gasteiger partial charge >= 0.3 is 5.97 Å². The molecular formula is C17H21N3O6. The van der Waals surface area contributed by atoms with Crippen molar-refractivity contribution in [1.29, 1.82) is 0 Å². The maximum absolute atomic E-state index is 12.7. The molecule has 1 aromatic rings. The molecule has 0 spiro atoms. The third kappa shape index (κ3) is 4.23. The van der Waals surface area contributed by atoms with Gasteiger partial charge < -0.3 is 29.7 Å². The molecule has 2 aliphatic rings. The van der Waals surface area contributed by atoms with Gasteiger partial charge in [0.2, 0.25) is 5.91 Å². The van der Waals surface area contributed by atoms with Crippen molar-refractivity contribution in [3.63, 3.8) is 0 Å². The molecule has 2 aliphatic heterocycles. The van der Waals surface area contributed by atoms with E-state index in [2.05, 4.69) is 5.32 Å². The summed E-state index contributed by atoms with van der Waals surface area (Å²) in [5.74, 6) is -1.15. The molecule has 0 aromatic heterocycles. The number of fused-ring (bicyclic) bond motifs is 1. The van der Waals surface area contributed by atoms with E-state index in [4.69, 9.17) is 14.6 Å². The summed E-state index contributed by atoms with van der Waals surface area (Å²) < 4.78 is 11.1. The Hall–Kier alpha value is -2.81. The van der Waals surface area contributed by atoms with Gasteiger partial charge in [0, 0.05) is 13.1 Å². The van der Waals surface area contributed by atoms with E-state index in [0.717, 1.165) is 0 Å². The number of rotatable bonds is 5. The smallest absolute Gasteiger partial charge is 0.322 e. The Morgan fingerprint density at radius 1 is 1.19 bits per heavy atom. The molecular weight excluding hydrogens is 342 g/mol. The highest BCUT2D eigenvalue weighted by Gasteiger charge is 2.34. The van der Waals surface area contributed by atoms with Gasteiger partial charge in [0.05, 0.1) is 32.0 Å². The highest BCUT2D eigenvalue weighted by Crippen LogP contribution is 2.33. The number of nitrogens with one attached hydrogen (secondary N) is 1. The van der Waals surface area contributed by atoms with Crippen LogP contribution in [0.4, 0.5) is 5.69 Å². The number of nitrogens with zero attached hydrogens (tertiary/aromatic N) is 2. The summed E-state index contributed by atoms with van der Waals surface area (Å²) in [4.78, 5) is 38.8.